The molecule has 1 fully saturated rings. The highest BCUT2D eigenvalue weighted by Gasteiger charge is 2.29. The molecule has 0 spiro atoms. The Bertz CT molecular complexity index is 1070. The zero-order valence-corrected chi connectivity index (χ0v) is 16.1. The molecule has 3 heterocycles. The molecule has 4 rings (SSSR count). The van der Waals surface area contributed by atoms with E-state index in [1.165, 1.54) is 12.3 Å². The lowest BCUT2D eigenvalue weighted by Crippen LogP contribution is -2.33. The lowest BCUT2D eigenvalue weighted by molar-refractivity contribution is 0.0803. The summed E-state index contributed by atoms with van der Waals surface area (Å²) in [5, 5.41) is 25.1. The predicted octanol–water partition coefficient (Wildman–Crippen LogP) is 2.04. The number of carbonyl (C=O) groups excluding carboxylic acids is 1. The van der Waals surface area contributed by atoms with Crippen molar-refractivity contribution in [2.45, 2.75) is 25.0 Å². The normalized spacial score (nSPS) is 17.5. The van der Waals surface area contributed by atoms with Gasteiger partial charge in [0, 0.05) is 30.5 Å². The summed E-state index contributed by atoms with van der Waals surface area (Å²) in [4.78, 5) is 14.5. The number of anilines is 1. The third-order valence-electron chi connectivity index (χ3n) is 5.36. The molecule has 0 radical (unpaired) electrons. The van der Waals surface area contributed by atoms with Crippen molar-refractivity contribution >= 4 is 17.1 Å². The Labute approximate surface area is 171 Å². The van der Waals surface area contributed by atoms with E-state index in [4.69, 9.17) is 5.11 Å². The van der Waals surface area contributed by atoms with Gasteiger partial charge < -0.3 is 20.4 Å². The number of aromatic nitrogens is 2. The zero-order valence-electron chi connectivity index (χ0n) is 16.1. The molecule has 1 aromatic carbocycles. The Morgan fingerprint density at radius 3 is 2.93 bits per heavy atom. The number of benzene rings is 1. The molecule has 1 aliphatic rings. The van der Waals surface area contributed by atoms with Crippen LogP contribution in [0.3, 0.4) is 0 Å². The average molecular weight is 416 g/mol. The summed E-state index contributed by atoms with van der Waals surface area (Å²) < 4.78 is 29.6. The number of aliphatic hydroxyl groups excluding tert-OH is 2. The monoisotopic (exact) mass is 416 g/mol. The molecule has 9 heteroatoms. The van der Waals surface area contributed by atoms with Gasteiger partial charge in [-0.25, -0.2) is 13.3 Å². The second-order valence-corrected chi connectivity index (χ2v) is 7.34. The van der Waals surface area contributed by atoms with Gasteiger partial charge in [-0.15, -0.1) is 0 Å². The van der Waals surface area contributed by atoms with E-state index in [9.17, 15) is 18.7 Å². The molecule has 1 aliphatic heterocycles. The number of halogens is 2. The molecule has 2 atom stereocenters. The van der Waals surface area contributed by atoms with Gasteiger partial charge in [-0.05, 0) is 43.2 Å². The summed E-state index contributed by atoms with van der Waals surface area (Å²) in [6, 6.07) is 6.80. The number of rotatable bonds is 6. The zero-order chi connectivity index (χ0) is 21.3. The number of pyridine rings is 1. The van der Waals surface area contributed by atoms with Gasteiger partial charge in [-0.2, -0.15) is 5.10 Å². The van der Waals surface area contributed by atoms with E-state index in [1.54, 1.807) is 16.8 Å². The third kappa shape index (κ3) is 3.86. The molecule has 1 amide bonds. The summed E-state index contributed by atoms with van der Waals surface area (Å²) in [5.74, 6) is -1.35. The Balaban J connectivity index is 1.64. The van der Waals surface area contributed by atoms with E-state index in [-0.39, 0.29) is 12.6 Å². The predicted molar refractivity (Wildman–Crippen MR) is 106 cm³/mol. The molecule has 1 saturated heterocycles. The molecule has 0 aliphatic carbocycles. The van der Waals surface area contributed by atoms with E-state index >= 15 is 0 Å². The number of amides is 1. The summed E-state index contributed by atoms with van der Waals surface area (Å²) >= 11 is 0. The highest BCUT2D eigenvalue weighted by molar-refractivity contribution is 6.01. The molecule has 3 N–H and O–H groups in total. The summed E-state index contributed by atoms with van der Waals surface area (Å²) in [6.45, 7) is 0.140. The maximum absolute atomic E-state index is 14.4. The number of aliphatic hydroxyl groups is 2. The second kappa shape index (κ2) is 8.37. The summed E-state index contributed by atoms with van der Waals surface area (Å²) in [5.41, 5.74) is 1.96. The number of fused-ring (bicyclic) bond motifs is 1. The maximum Gasteiger partial charge on any atom is 0.255 e. The minimum Gasteiger partial charge on any atom is -0.394 e. The third-order valence-corrected chi connectivity index (χ3v) is 5.36. The fraction of sp³-hybridized carbons (Fsp3) is 0.333. The highest BCUT2D eigenvalue weighted by Crippen LogP contribution is 2.38. The van der Waals surface area contributed by atoms with Crippen LogP contribution in [-0.2, 0) is 0 Å². The Morgan fingerprint density at radius 2 is 2.13 bits per heavy atom. The van der Waals surface area contributed by atoms with Crippen molar-refractivity contribution in [3.05, 3.63) is 65.5 Å². The molecule has 0 saturated carbocycles. The van der Waals surface area contributed by atoms with Gasteiger partial charge in [0.1, 0.15) is 11.6 Å². The number of hydrogen-bond donors (Lipinski definition) is 3. The summed E-state index contributed by atoms with van der Waals surface area (Å²) in [6.07, 6.45) is 3.61. The minimum absolute atomic E-state index is 0.0839. The van der Waals surface area contributed by atoms with Crippen LogP contribution in [0.1, 0.15) is 34.8 Å². The molecule has 7 nitrogen and oxygen atoms in total. The van der Waals surface area contributed by atoms with Crippen molar-refractivity contribution in [3.8, 4) is 0 Å². The first-order chi connectivity index (χ1) is 14.5. The molecule has 2 unspecified atom stereocenters. The van der Waals surface area contributed by atoms with Crippen LogP contribution in [0.25, 0.3) is 5.52 Å². The maximum atomic E-state index is 14.4. The first-order valence-corrected chi connectivity index (χ1v) is 9.74. The minimum atomic E-state index is -1.04. The molecule has 30 heavy (non-hydrogen) atoms. The van der Waals surface area contributed by atoms with Gasteiger partial charge >= 0.3 is 0 Å². The second-order valence-electron chi connectivity index (χ2n) is 7.34. The molecular formula is C21H22F2N4O3. The Kier molecular flexibility index (Phi) is 5.65. The molecule has 2 aromatic heterocycles. The van der Waals surface area contributed by atoms with E-state index in [0.29, 0.717) is 29.6 Å². The van der Waals surface area contributed by atoms with Crippen LogP contribution in [0.2, 0.25) is 0 Å². The van der Waals surface area contributed by atoms with Crippen molar-refractivity contribution < 1.29 is 23.8 Å². The molecular weight excluding hydrogens is 394 g/mol. The number of nitrogens with zero attached hydrogens (tertiary/aromatic N) is 3. The summed E-state index contributed by atoms with van der Waals surface area (Å²) in [7, 11) is 0. The molecule has 3 aromatic rings. The van der Waals surface area contributed by atoms with Crippen LogP contribution in [0.5, 0.6) is 0 Å². The SMILES string of the molecule is O=C(NCC(O)CO)c1cnn2ccc(N3CCCC3c3cc(F)ccc3F)cc12. The Hall–Kier alpha value is -3.04. The lowest BCUT2D eigenvalue weighted by Gasteiger charge is -2.27. The van der Waals surface area contributed by atoms with Gasteiger partial charge in [0.05, 0.1) is 36.0 Å². The molecule has 0 bridgehead atoms. The van der Waals surface area contributed by atoms with Gasteiger partial charge in [0.25, 0.3) is 5.91 Å². The first kappa shape index (κ1) is 20.2. The number of nitrogens with one attached hydrogen (secondary N) is 1. The lowest BCUT2D eigenvalue weighted by atomic mass is 10.0. The van der Waals surface area contributed by atoms with Gasteiger partial charge in [0.2, 0.25) is 0 Å². The largest absolute Gasteiger partial charge is 0.394 e. The van der Waals surface area contributed by atoms with Gasteiger partial charge in [-0.1, -0.05) is 0 Å². The average Bonchev–Trinajstić information content (AvgIpc) is 3.40. The number of carbonyl (C=O) groups is 1. The van der Waals surface area contributed by atoms with Gasteiger partial charge in [-0.3, -0.25) is 4.79 Å². The van der Waals surface area contributed by atoms with Crippen LogP contribution < -0.4 is 10.2 Å². The topological polar surface area (TPSA) is 90.1 Å². The van der Waals surface area contributed by atoms with E-state index in [0.717, 1.165) is 24.2 Å². The van der Waals surface area contributed by atoms with Crippen LogP contribution in [-0.4, -0.2) is 51.5 Å². The van der Waals surface area contributed by atoms with Crippen LogP contribution >= 0.6 is 0 Å². The first-order valence-electron chi connectivity index (χ1n) is 9.74. The van der Waals surface area contributed by atoms with Crippen molar-refractivity contribution in [2.24, 2.45) is 0 Å². The van der Waals surface area contributed by atoms with Crippen LogP contribution in [0, 0.1) is 11.6 Å². The quantitative estimate of drug-likeness (QED) is 0.572. The van der Waals surface area contributed by atoms with E-state index < -0.39 is 30.3 Å². The van der Waals surface area contributed by atoms with Crippen molar-refractivity contribution in [2.75, 3.05) is 24.6 Å². The number of hydrogen-bond acceptors (Lipinski definition) is 5. The van der Waals surface area contributed by atoms with E-state index in [1.807, 2.05) is 11.0 Å². The smallest absolute Gasteiger partial charge is 0.255 e. The van der Waals surface area contributed by atoms with Crippen LogP contribution in [0.4, 0.5) is 14.5 Å². The van der Waals surface area contributed by atoms with Crippen molar-refractivity contribution in [1.82, 2.24) is 14.9 Å². The van der Waals surface area contributed by atoms with Crippen molar-refractivity contribution in [3.63, 3.8) is 0 Å². The van der Waals surface area contributed by atoms with Crippen molar-refractivity contribution in [1.29, 1.82) is 0 Å². The highest BCUT2D eigenvalue weighted by atomic mass is 19.1. The van der Waals surface area contributed by atoms with E-state index in [2.05, 4.69) is 10.4 Å². The van der Waals surface area contributed by atoms with Gasteiger partial charge in [0.15, 0.2) is 0 Å². The fourth-order valence-electron chi connectivity index (χ4n) is 3.86. The fourth-order valence-corrected chi connectivity index (χ4v) is 3.86. The molecule has 158 valence electrons. The Morgan fingerprint density at radius 1 is 1.30 bits per heavy atom. The van der Waals surface area contributed by atoms with Crippen LogP contribution in [0.15, 0.2) is 42.7 Å². The standard InChI is InChI=1S/C21H22F2N4O3/c22-13-3-4-18(23)16(8-13)19-2-1-6-26(19)14-5-7-27-20(9-14)17(11-25-27)21(30)24-10-15(29)12-28/h3-5,7-9,11,15,19,28-29H,1-2,6,10,12H2,(H,24,30).